The lowest BCUT2D eigenvalue weighted by molar-refractivity contribution is -0.122. The Morgan fingerprint density at radius 3 is 2.24 bits per heavy atom. The number of aromatic nitrogens is 2. The van der Waals surface area contributed by atoms with Gasteiger partial charge >= 0.3 is 0 Å². The Labute approximate surface area is 171 Å². The van der Waals surface area contributed by atoms with Crippen LogP contribution < -0.4 is 0 Å². The first kappa shape index (κ1) is 21.7. The van der Waals surface area contributed by atoms with Crippen LogP contribution in [0, 0.1) is 0 Å². The molecule has 1 aromatic carbocycles. The number of para-hydroxylation sites is 1. The third-order valence-electron chi connectivity index (χ3n) is 4.52. The van der Waals surface area contributed by atoms with Crippen molar-refractivity contribution in [2.24, 2.45) is 0 Å². The number of aldehydes is 1. The van der Waals surface area contributed by atoms with Crippen LogP contribution in [0.4, 0.5) is 0 Å². The summed E-state index contributed by atoms with van der Waals surface area (Å²) >= 11 is 0. The normalized spacial score (nSPS) is 11.2. The van der Waals surface area contributed by atoms with Crippen LogP contribution in [0.3, 0.4) is 0 Å². The highest BCUT2D eigenvalue weighted by atomic mass is 16.2. The Balaban J connectivity index is 0.00000145. The maximum absolute atomic E-state index is 13.1. The summed E-state index contributed by atoms with van der Waals surface area (Å²) < 4.78 is 0. The number of hydrogen-bond acceptors (Lipinski definition) is 2. The molecule has 150 valence electrons. The van der Waals surface area contributed by atoms with Crippen molar-refractivity contribution < 1.29 is 9.59 Å². The monoisotopic (exact) mass is 389 g/mol. The van der Waals surface area contributed by atoms with Crippen LogP contribution in [0.1, 0.15) is 36.2 Å². The van der Waals surface area contributed by atoms with Gasteiger partial charge in [0.2, 0.25) is 0 Å². The lowest BCUT2D eigenvalue weighted by Gasteiger charge is -2.16. The minimum Gasteiger partial charge on any atom is -0.361 e. The molecule has 3 aromatic rings. The number of H-pyrrole nitrogens is 2. The highest BCUT2D eigenvalue weighted by Crippen LogP contribution is 2.34. The molecule has 0 bridgehead atoms. The van der Waals surface area contributed by atoms with Gasteiger partial charge in [-0.1, -0.05) is 51.3 Å². The molecule has 5 heteroatoms. The van der Waals surface area contributed by atoms with Crippen molar-refractivity contribution in [1.82, 2.24) is 14.9 Å². The standard InChI is InChI=1S/C22H21N3O2.C2H6/c1-5-14-16(11-23-19(14)6-2)18(13-26)21(22(27)25(3)4)17-12-24-20-10-8-7-9-15(17)20;1-2/h5-13,23-24H,1-2H2,3-4H3;1-2H3/b21-18+;. The summed E-state index contributed by atoms with van der Waals surface area (Å²) in [5.74, 6) is -0.252. The van der Waals surface area contributed by atoms with E-state index in [9.17, 15) is 9.59 Å². The molecule has 0 aliphatic rings. The van der Waals surface area contributed by atoms with Crippen molar-refractivity contribution in [3.05, 3.63) is 72.2 Å². The molecule has 0 saturated carbocycles. The molecule has 0 radical (unpaired) electrons. The third-order valence-corrected chi connectivity index (χ3v) is 4.52. The second-order valence-corrected chi connectivity index (χ2v) is 6.29. The largest absolute Gasteiger partial charge is 0.361 e. The number of hydrogen-bond donors (Lipinski definition) is 2. The summed E-state index contributed by atoms with van der Waals surface area (Å²) in [6.07, 6.45) is 7.50. The van der Waals surface area contributed by atoms with E-state index in [1.54, 1.807) is 38.6 Å². The van der Waals surface area contributed by atoms with Crippen molar-refractivity contribution in [1.29, 1.82) is 0 Å². The molecule has 0 unspecified atom stereocenters. The molecule has 0 aliphatic heterocycles. The van der Waals surface area contributed by atoms with Crippen LogP contribution in [-0.4, -0.2) is 41.2 Å². The maximum Gasteiger partial charge on any atom is 0.254 e. The lowest BCUT2D eigenvalue weighted by atomic mass is 9.93. The van der Waals surface area contributed by atoms with Gasteiger partial charge in [0, 0.05) is 65.3 Å². The number of aromatic amines is 2. The van der Waals surface area contributed by atoms with E-state index in [0.717, 1.165) is 28.4 Å². The van der Waals surface area contributed by atoms with Crippen molar-refractivity contribution in [2.75, 3.05) is 14.1 Å². The zero-order chi connectivity index (χ0) is 21.6. The molecule has 3 rings (SSSR count). The topological polar surface area (TPSA) is 69.0 Å². The predicted octanol–water partition coefficient (Wildman–Crippen LogP) is 5.01. The van der Waals surface area contributed by atoms with Crippen LogP contribution >= 0.6 is 0 Å². The molecule has 2 heterocycles. The van der Waals surface area contributed by atoms with Gasteiger partial charge in [-0.2, -0.15) is 0 Å². The Kier molecular flexibility index (Phi) is 7.15. The van der Waals surface area contributed by atoms with Gasteiger partial charge in [0.1, 0.15) is 0 Å². The lowest BCUT2D eigenvalue weighted by Crippen LogP contribution is -2.24. The van der Waals surface area contributed by atoms with Gasteiger partial charge in [-0.3, -0.25) is 9.59 Å². The number of rotatable bonds is 6. The second kappa shape index (κ2) is 9.55. The highest BCUT2D eigenvalue weighted by molar-refractivity contribution is 6.37. The number of benzene rings is 1. The van der Waals surface area contributed by atoms with Crippen molar-refractivity contribution in [3.63, 3.8) is 0 Å². The number of fused-ring (bicyclic) bond motifs is 1. The van der Waals surface area contributed by atoms with Crippen LogP contribution in [0.5, 0.6) is 0 Å². The Morgan fingerprint density at radius 1 is 1.00 bits per heavy atom. The van der Waals surface area contributed by atoms with E-state index in [2.05, 4.69) is 23.1 Å². The minimum atomic E-state index is -0.252. The molecule has 0 saturated heterocycles. The van der Waals surface area contributed by atoms with Gasteiger partial charge in [-0.25, -0.2) is 0 Å². The summed E-state index contributed by atoms with van der Waals surface area (Å²) in [7, 11) is 3.33. The van der Waals surface area contributed by atoms with Crippen molar-refractivity contribution in [3.8, 4) is 0 Å². The SMILES string of the molecule is C=Cc1[nH]cc(/C(C=O)=C(/C(=O)N(C)C)c2c[nH]c3ccccc23)c1C=C.CC. The molecule has 5 nitrogen and oxygen atoms in total. The van der Waals surface area contributed by atoms with Crippen LogP contribution in [0.15, 0.2) is 49.8 Å². The number of carbonyl (C=O) groups excluding carboxylic acids is 2. The summed E-state index contributed by atoms with van der Waals surface area (Å²) in [6, 6.07) is 7.67. The first-order chi connectivity index (χ1) is 14.0. The molecule has 0 aliphatic carbocycles. The number of nitrogens with one attached hydrogen (secondary N) is 2. The smallest absolute Gasteiger partial charge is 0.254 e. The van der Waals surface area contributed by atoms with E-state index in [4.69, 9.17) is 0 Å². The average molecular weight is 389 g/mol. The maximum atomic E-state index is 13.1. The summed E-state index contributed by atoms with van der Waals surface area (Å²) in [5.41, 5.74) is 4.31. The first-order valence-electron chi connectivity index (χ1n) is 9.47. The zero-order valence-electron chi connectivity index (χ0n) is 17.4. The van der Waals surface area contributed by atoms with Crippen molar-refractivity contribution >= 4 is 46.4 Å². The van der Waals surface area contributed by atoms with Gasteiger partial charge in [-0.05, 0) is 12.1 Å². The molecular weight excluding hydrogens is 362 g/mol. The first-order valence-corrected chi connectivity index (χ1v) is 9.47. The molecule has 0 spiro atoms. The van der Waals surface area contributed by atoms with Gasteiger partial charge in [0.25, 0.3) is 5.91 Å². The fourth-order valence-corrected chi connectivity index (χ4v) is 3.20. The summed E-state index contributed by atoms with van der Waals surface area (Å²) in [6.45, 7) is 11.6. The number of allylic oxidation sites excluding steroid dienone is 1. The quantitative estimate of drug-likeness (QED) is 0.460. The van der Waals surface area contributed by atoms with E-state index in [-0.39, 0.29) is 5.91 Å². The molecule has 29 heavy (non-hydrogen) atoms. The predicted molar refractivity (Wildman–Crippen MR) is 122 cm³/mol. The van der Waals surface area contributed by atoms with E-state index in [1.807, 2.05) is 38.1 Å². The Bertz CT molecular complexity index is 1080. The van der Waals surface area contributed by atoms with Gasteiger partial charge in [0.05, 0.1) is 5.57 Å². The highest BCUT2D eigenvalue weighted by Gasteiger charge is 2.25. The molecule has 0 fully saturated rings. The Hall–Kier alpha value is -3.60. The van der Waals surface area contributed by atoms with Crippen LogP contribution in [0.25, 0.3) is 34.2 Å². The van der Waals surface area contributed by atoms with E-state index in [1.165, 1.54) is 4.90 Å². The molecular formula is C24H27N3O2. The number of amides is 1. The second-order valence-electron chi connectivity index (χ2n) is 6.29. The number of likely N-dealkylation sites (N-methyl/N-ethyl adjacent to an activating group) is 1. The average Bonchev–Trinajstić information content (AvgIpc) is 3.36. The van der Waals surface area contributed by atoms with E-state index < -0.39 is 0 Å². The van der Waals surface area contributed by atoms with Gasteiger partial charge < -0.3 is 14.9 Å². The van der Waals surface area contributed by atoms with Gasteiger partial charge in [0.15, 0.2) is 6.29 Å². The fraction of sp³-hybridized carbons (Fsp3) is 0.167. The van der Waals surface area contributed by atoms with Crippen LogP contribution in [0.2, 0.25) is 0 Å². The van der Waals surface area contributed by atoms with Crippen molar-refractivity contribution in [2.45, 2.75) is 13.8 Å². The number of nitrogens with zero attached hydrogens (tertiary/aromatic N) is 1. The minimum absolute atomic E-state index is 0.252. The Morgan fingerprint density at radius 2 is 1.66 bits per heavy atom. The third kappa shape index (κ3) is 3.99. The van der Waals surface area contributed by atoms with E-state index >= 15 is 0 Å². The molecule has 0 atom stereocenters. The summed E-state index contributed by atoms with van der Waals surface area (Å²) in [4.78, 5) is 33.0. The van der Waals surface area contributed by atoms with E-state index in [0.29, 0.717) is 22.3 Å². The molecule has 1 amide bonds. The number of carbonyl (C=O) groups is 2. The summed E-state index contributed by atoms with van der Waals surface area (Å²) in [5, 5.41) is 0.877. The van der Waals surface area contributed by atoms with Gasteiger partial charge in [-0.15, -0.1) is 0 Å². The molecule has 2 N–H and O–H groups in total. The zero-order valence-corrected chi connectivity index (χ0v) is 17.4. The van der Waals surface area contributed by atoms with Crippen LogP contribution in [-0.2, 0) is 9.59 Å². The fourth-order valence-electron chi connectivity index (χ4n) is 3.20. The molecule has 2 aromatic heterocycles.